The predicted molar refractivity (Wildman–Crippen MR) is 101 cm³/mol. The zero-order valence-electron chi connectivity index (χ0n) is 16.4. The van der Waals surface area contributed by atoms with Crippen molar-refractivity contribution in [3.8, 4) is 0 Å². The van der Waals surface area contributed by atoms with Gasteiger partial charge in [-0.1, -0.05) is 36.4 Å². The van der Waals surface area contributed by atoms with Crippen LogP contribution in [-0.2, 0) is 20.9 Å². The molecule has 0 saturated carbocycles. The summed E-state index contributed by atoms with van der Waals surface area (Å²) in [6, 6.07) is 9.58. The molecule has 1 aliphatic rings. The third kappa shape index (κ3) is 6.17. The Bertz CT molecular complexity index is 683. The van der Waals surface area contributed by atoms with E-state index in [9.17, 15) is 14.0 Å². The second kappa shape index (κ2) is 8.65. The number of nitrogens with zero attached hydrogens (tertiary/aromatic N) is 1. The van der Waals surface area contributed by atoms with Crippen LogP contribution < -0.4 is 0 Å². The van der Waals surface area contributed by atoms with Crippen LogP contribution in [0.3, 0.4) is 0 Å². The molecule has 1 aromatic rings. The van der Waals surface area contributed by atoms with E-state index >= 15 is 0 Å². The quantitative estimate of drug-likeness (QED) is 0.702. The van der Waals surface area contributed by atoms with E-state index in [0.29, 0.717) is 6.61 Å². The molecule has 1 heterocycles. The second-order valence-corrected chi connectivity index (χ2v) is 7.92. The first kappa shape index (κ1) is 21.1. The number of benzene rings is 1. The molecule has 2 rings (SSSR count). The number of halogens is 1. The largest absolute Gasteiger partial charge is 0.444 e. The van der Waals surface area contributed by atoms with Gasteiger partial charge in [0, 0.05) is 6.42 Å². The predicted octanol–water partition coefficient (Wildman–Crippen LogP) is 4.07. The van der Waals surface area contributed by atoms with E-state index in [-0.39, 0.29) is 25.4 Å². The third-order valence-corrected chi connectivity index (χ3v) is 4.20. The highest BCUT2D eigenvalue weighted by Gasteiger charge is 2.48. The number of carbonyl (C=O) groups excluding carboxylic acids is 2. The first-order chi connectivity index (χ1) is 12.6. The number of ether oxygens (including phenoxy) is 2. The van der Waals surface area contributed by atoms with E-state index in [0.717, 1.165) is 5.56 Å². The molecule has 0 bridgehead atoms. The molecule has 6 heteroatoms. The number of likely N-dealkylation sites (tertiary alicyclic amines) is 1. The van der Waals surface area contributed by atoms with Crippen molar-refractivity contribution in [2.75, 3.05) is 13.2 Å². The van der Waals surface area contributed by atoms with E-state index in [4.69, 9.17) is 9.47 Å². The van der Waals surface area contributed by atoms with Crippen molar-refractivity contribution in [3.63, 3.8) is 0 Å². The summed E-state index contributed by atoms with van der Waals surface area (Å²) in [6.07, 6.45) is 1.17. The molecule has 0 radical (unpaired) electrons. The SMILES string of the molecule is CC(=O)/C=C/[C@@]1(COCc2ccccc2)C[C@@H](F)CN1C(=O)OC(C)(C)C. The highest BCUT2D eigenvalue weighted by atomic mass is 19.1. The van der Waals surface area contributed by atoms with Gasteiger partial charge in [-0.15, -0.1) is 0 Å². The molecule has 1 aliphatic heterocycles. The van der Waals surface area contributed by atoms with Crippen molar-refractivity contribution >= 4 is 11.9 Å². The van der Waals surface area contributed by atoms with Crippen molar-refractivity contribution in [1.82, 2.24) is 4.90 Å². The van der Waals surface area contributed by atoms with E-state index in [1.54, 1.807) is 26.8 Å². The fourth-order valence-electron chi connectivity index (χ4n) is 3.05. The Hall–Kier alpha value is -2.21. The second-order valence-electron chi connectivity index (χ2n) is 7.92. The number of ketones is 1. The number of alkyl halides is 1. The van der Waals surface area contributed by atoms with E-state index in [2.05, 4.69) is 0 Å². The highest BCUT2D eigenvalue weighted by Crippen LogP contribution is 2.35. The first-order valence-electron chi connectivity index (χ1n) is 9.07. The summed E-state index contributed by atoms with van der Waals surface area (Å²) >= 11 is 0. The van der Waals surface area contributed by atoms with Gasteiger partial charge in [0.15, 0.2) is 5.78 Å². The molecule has 27 heavy (non-hydrogen) atoms. The Balaban J connectivity index is 2.21. The van der Waals surface area contributed by atoms with E-state index in [1.165, 1.54) is 17.9 Å². The Morgan fingerprint density at radius 2 is 1.96 bits per heavy atom. The molecule has 1 fully saturated rings. The van der Waals surface area contributed by atoms with Gasteiger partial charge >= 0.3 is 6.09 Å². The van der Waals surface area contributed by atoms with Crippen LogP contribution in [0, 0.1) is 0 Å². The van der Waals surface area contributed by atoms with Gasteiger partial charge in [0.1, 0.15) is 11.8 Å². The molecule has 2 atom stereocenters. The number of hydrogen-bond donors (Lipinski definition) is 0. The molecule has 148 valence electrons. The minimum absolute atomic E-state index is 0.0603. The zero-order chi connectivity index (χ0) is 20.1. The topological polar surface area (TPSA) is 55.8 Å². The number of allylic oxidation sites excluding steroid dienone is 1. The molecular weight excluding hydrogens is 349 g/mol. The lowest BCUT2D eigenvalue weighted by atomic mass is 9.95. The van der Waals surface area contributed by atoms with Crippen molar-refractivity contribution in [2.45, 2.75) is 58.0 Å². The van der Waals surface area contributed by atoms with Crippen LogP contribution in [0.15, 0.2) is 42.5 Å². The van der Waals surface area contributed by atoms with E-state index < -0.39 is 23.4 Å². The maximum atomic E-state index is 14.3. The van der Waals surface area contributed by atoms with Gasteiger partial charge in [-0.05, 0) is 39.3 Å². The molecule has 0 unspecified atom stereocenters. The molecule has 5 nitrogen and oxygen atoms in total. The van der Waals surface area contributed by atoms with Crippen LogP contribution >= 0.6 is 0 Å². The molecule has 0 spiro atoms. The van der Waals surface area contributed by atoms with Crippen molar-refractivity contribution in [1.29, 1.82) is 0 Å². The van der Waals surface area contributed by atoms with Gasteiger partial charge in [0.05, 0.1) is 25.3 Å². The average molecular weight is 377 g/mol. The molecule has 0 aromatic heterocycles. The Kier molecular flexibility index (Phi) is 6.76. The zero-order valence-corrected chi connectivity index (χ0v) is 16.4. The lowest BCUT2D eigenvalue weighted by Gasteiger charge is -2.36. The number of carbonyl (C=O) groups is 2. The Morgan fingerprint density at radius 3 is 2.56 bits per heavy atom. The van der Waals surface area contributed by atoms with Crippen LogP contribution in [-0.4, -0.2) is 47.2 Å². The van der Waals surface area contributed by atoms with Crippen molar-refractivity contribution in [3.05, 3.63) is 48.0 Å². The Labute approximate surface area is 160 Å². The van der Waals surface area contributed by atoms with Crippen LogP contribution in [0.4, 0.5) is 9.18 Å². The molecule has 1 amide bonds. The smallest absolute Gasteiger partial charge is 0.411 e. The van der Waals surface area contributed by atoms with Crippen LogP contribution in [0.2, 0.25) is 0 Å². The van der Waals surface area contributed by atoms with Crippen molar-refractivity contribution < 1.29 is 23.5 Å². The summed E-state index contributed by atoms with van der Waals surface area (Å²) in [6.45, 7) is 6.99. The minimum atomic E-state index is -1.21. The van der Waals surface area contributed by atoms with Gasteiger partial charge in [-0.25, -0.2) is 9.18 Å². The summed E-state index contributed by atoms with van der Waals surface area (Å²) in [5.41, 5.74) is -0.781. The molecule has 0 N–H and O–H groups in total. The highest BCUT2D eigenvalue weighted by molar-refractivity contribution is 5.87. The normalized spacial score (nSPS) is 23.0. The van der Waals surface area contributed by atoms with Crippen LogP contribution in [0.1, 0.15) is 39.7 Å². The summed E-state index contributed by atoms with van der Waals surface area (Å²) in [5.74, 6) is -0.177. The average Bonchev–Trinajstić information content (AvgIpc) is 2.90. The number of rotatable bonds is 6. The maximum Gasteiger partial charge on any atom is 0.411 e. The standard InChI is InChI=1S/C21H28FNO4/c1-16(24)10-11-21(15-26-14-17-8-6-5-7-9-17)12-18(22)13-23(21)19(25)27-20(2,3)4/h5-11,18H,12-15H2,1-4H3/b11-10+/t18-,21+/m1/s1. The lowest BCUT2D eigenvalue weighted by molar-refractivity contribution is -0.112. The molecule has 0 aliphatic carbocycles. The van der Waals surface area contributed by atoms with Gasteiger partial charge in [-0.2, -0.15) is 0 Å². The fraction of sp³-hybridized carbons (Fsp3) is 0.524. The van der Waals surface area contributed by atoms with Crippen LogP contribution in [0.5, 0.6) is 0 Å². The lowest BCUT2D eigenvalue weighted by Crippen LogP contribution is -2.50. The third-order valence-electron chi connectivity index (χ3n) is 4.20. The summed E-state index contributed by atoms with van der Waals surface area (Å²) < 4.78 is 25.6. The summed E-state index contributed by atoms with van der Waals surface area (Å²) in [5, 5.41) is 0. The van der Waals surface area contributed by atoms with Gasteiger partial charge in [0.25, 0.3) is 0 Å². The first-order valence-corrected chi connectivity index (χ1v) is 9.07. The maximum absolute atomic E-state index is 14.3. The minimum Gasteiger partial charge on any atom is -0.444 e. The van der Waals surface area contributed by atoms with Crippen molar-refractivity contribution in [2.24, 2.45) is 0 Å². The molecule has 1 saturated heterocycles. The van der Waals surface area contributed by atoms with Gasteiger partial charge < -0.3 is 9.47 Å². The number of amides is 1. The monoisotopic (exact) mass is 377 g/mol. The number of hydrogen-bond acceptors (Lipinski definition) is 4. The molecule has 1 aromatic carbocycles. The summed E-state index contributed by atoms with van der Waals surface area (Å²) in [7, 11) is 0. The fourth-order valence-corrected chi connectivity index (χ4v) is 3.05. The van der Waals surface area contributed by atoms with Gasteiger partial charge in [0.2, 0.25) is 0 Å². The Morgan fingerprint density at radius 1 is 1.30 bits per heavy atom. The van der Waals surface area contributed by atoms with E-state index in [1.807, 2.05) is 30.3 Å². The van der Waals surface area contributed by atoms with Gasteiger partial charge in [-0.3, -0.25) is 9.69 Å². The summed E-state index contributed by atoms with van der Waals surface area (Å²) in [4.78, 5) is 25.5. The molecular formula is C21H28FNO4. The van der Waals surface area contributed by atoms with Crippen LogP contribution in [0.25, 0.3) is 0 Å².